The summed E-state index contributed by atoms with van der Waals surface area (Å²) in [6, 6.07) is 8.64. The van der Waals surface area contributed by atoms with Crippen LogP contribution in [0.2, 0.25) is 0 Å². The van der Waals surface area contributed by atoms with Crippen molar-refractivity contribution in [1.82, 2.24) is 4.98 Å². The largest absolute Gasteiger partial charge is 0.327 e. The first-order chi connectivity index (χ1) is 7.83. The number of nitrogens with zero attached hydrogens (tertiary/aromatic N) is 1. The molecule has 16 heavy (non-hydrogen) atoms. The normalized spacial score (nSPS) is 17.8. The Morgan fingerprint density at radius 3 is 3.00 bits per heavy atom. The van der Waals surface area contributed by atoms with E-state index in [1.807, 2.05) is 6.07 Å². The molecule has 1 aliphatic rings. The molecule has 1 atom stereocenters. The standard InChI is InChI=1S/C12H14N2S2/c13-9(8-5-6-8)7-15-12-14-10-3-1-2-4-11(10)16-12/h1-4,8-9H,5-7,13H2. The molecule has 2 aromatic rings. The fourth-order valence-corrected chi connectivity index (χ4v) is 3.92. The number of nitrogens with two attached hydrogens (primary N) is 1. The monoisotopic (exact) mass is 250 g/mol. The minimum atomic E-state index is 0.358. The molecule has 1 aliphatic carbocycles. The van der Waals surface area contributed by atoms with Crippen LogP contribution >= 0.6 is 23.1 Å². The Bertz CT molecular complexity index is 457. The third-order valence-electron chi connectivity index (χ3n) is 2.90. The summed E-state index contributed by atoms with van der Waals surface area (Å²) in [5.41, 5.74) is 7.18. The van der Waals surface area contributed by atoms with E-state index in [1.165, 1.54) is 17.5 Å². The number of benzene rings is 1. The molecule has 0 amide bonds. The first-order valence-corrected chi connectivity index (χ1v) is 7.37. The van der Waals surface area contributed by atoms with Gasteiger partial charge in [0.2, 0.25) is 0 Å². The Kier molecular flexibility index (Phi) is 2.88. The first kappa shape index (κ1) is 10.6. The summed E-state index contributed by atoms with van der Waals surface area (Å²) in [6.07, 6.45) is 2.64. The van der Waals surface area contributed by atoms with Crippen molar-refractivity contribution >= 4 is 33.3 Å². The molecule has 2 nitrogen and oxygen atoms in total. The lowest BCUT2D eigenvalue weighted by Crippen LogP contribution is -2.24. The van der Waals surface area contributed by atoms with E-state index >= 15 is 0 Å². The second-order valence-electron chi connectivity index (χ2n) is 4.26. The van der Waals surface area contributed by atoms with Crippen LogP contribution in [0.5, 0.6) is 0 Å². The summed E-state index contributed by atoms with van der Waals surface area (Å²) in [6.45, 7) is 0. The van der Waals surface area contributed by atoms with E-state index in [2.05, 4.69) is 23.2 Å². The molecule has 1 aromatic carbocycles. The number of para-hydroxylation sites is 1. The van der Waals surface area contributed by atoms with Crippen molar-refractivity contribution in [1.29, 1.82) is 0 Å². The van der Waals surface area contributed by atoms with E-state index < -0.39 is 0 Å². The van der Waals surface area contributed by atoms with E-state index in [9.17, 15) is 0 Å². The van der Waals surface area contributed by atoms with E-state index in [-0.39, 0.29) is 0 Å². The van der Waals surface area contributed by atoms with Crippen molar-refractivity contribution in [2.75, 3.05) is 5.75 Å². The van der Waals surface area contributed by atoms with E-state index in [0.29, 0.717) is 6.04 Å². The van der Waals surface area contributed by atoms with Gasteiger partial charge in [-0.2, -0.15) is 0 Å². The second kappa shape index (κ2) is 4.35. The number of aromatic nitrogens is 1. The maximum Gasteiger partial charge on any atom is 0.151 e. The molecule has 0 aliphatic heterocycles. The minimum absolute atomic E-state index is 0.358. The summed E-state index contributed by atoms with van der Waals surface area (Å²) < 4.78 is 2.42. The van der Waals surface area contributed by atoms with Gasteiger partial charge in [0.05, 0.1) is 10.2 Å². The van der Waals surface area contributed by atoms with Crippen LogP contribution in [0.1, 0.15) is 12.8 Å². The van der Waals surface area contributed by atoms with Gasteiger partial charge in [0.25, 0.3) is 0 Å². The highest BCUT2D eigenvalue weighted by Gasteiger charge is 2.28. The lowest BCUT2D eigenvalue weighted by molar-refractivity contribution is 0.659. The fourth-order valence-electron chi connectivity index (χ4n) is 1.74. The van der Waals surface area contributed by atoms with Gasteiger partial charge in [0, 0.05) is 11.8 Å². The molecular formula is C12H14N2S2. The van der Waals surface area contributed by atoms with E-state index in [4.69, 9.17) is 5.73 Å². The van der Waals surface area contributed by atoms with Gasteiger partial charge in [-0.15, -0.1) is 11.3 Å². The van der Waals surface area contributed by atoms with Gasteiger partial charge in [-0.1, -0.05) is 23.9 Å². The molecule has 0 spiro atoms. The van der Waals surface area contributed by atoms with Crippen LogP contribution in [0.3, 0.4) is 0 Å². The summed E-state index contributed by atoms with van der Waals surface area (Å²) in [4.78, 5) is 4.59. The van der Waals surface area contributed by atoms with Gasteiger partial charge in [-0.05, 0) is 30.9 Å². The maximum absolute atomic E-state index is 6.08. The summed E-state index contributed by atoms with van der Waals surface area (Å²) >= 11 is 3.57. The Labute approximate surface area is 103 Å². The molecule has 1 fully saturated rings. The van der Waals surface area contributed by atoms with Gasteiger partial charge in [0.1, 0.15) is 0 Å². The number of rotatable bonds is 4. The zero-order valence-corrected chi connectivity index (χ0v) is 10.6. The average molecular weight is 250 g/mol. The van der Waals surface area contributed by atoms with Crippen LogP contribution in [-0.4, -0.2) is 16.8 Å². The molecule has 4 heteroatoms. The highest BCUT2D eigenvalue weighted by Crippen LogP contribution is 2.35. The topological polar surface area (TPSA) is 38.9 Å². The third-order valence-corrected chi connectivity index (χ3v) is 5.23. The molecule has 1 unspecified atom stereocenters. The van der Waals surface area contributed by atoms with E-state index in [1.54, 1.807) is 23.1 Å². The average Bonchev–Trinajstić information content (AvgIpc) is 3.06. The van der Waals surface area contributed by atoms with Crippen LogP contribution in [0, 0.1) is 5.92 Å². The van der Waals surface area contributed by atoms with Gasteiger partial charge in [-0.3, -0.25) is 0 Å². The Balaban J connectivity index is 1.69. The quantitative estimate of drug-likeness (QED) is 0.847. The molecular weight excluding hydrogens is 236 g/mol. The molecule has 3 rings (SSSR count). The number of thioether (sulfide) groups is 1. The van der Waals surface area contributed by atoms with Crippen molar-refractivity contribution < 1.29 is 0 Å². The van der Waals surface area contributed by atoms with Gasteiger partial charge >= 0.3 is 0 Å². The highest BCUT2D eigenvalue weighted by molar-refractivity contribution is 8.01. The zero-order chi connectivity index (χ0) is 11.0. The highest BCUT2D eigenvalue weighted by atomic mass is 32.2. The lowest BCUT2D eigenvalue weighted by atomic mass is 10.2. The fraction of sp³-hybridized carbons (Fsp3) is 0.417. The Morgan fingerprint density at radius 1 is 1.44 bits per heavy atom. The zero-order valence-electron chi connectivity index (χ0n) is 8.93. The number of hydrogen-bond donors (Lipinski definition) is 1. The molecule has 0 saturated heterocycles. The SMILES string of the molecule is NC(CSc1nc2ccccc2s1)C1CC1. The predicted octanol–water partition coefficient (Wildman–Crippen LogP) is 3.13. The smallest absolute Gasteiger partial charge is 0.151 e. The van der Waals surface area contributed by atoms with Crippen molar-refractivity contribution in [3.8, 4) is 0 Å². The number of fused-ring (bicyclic) bond motifs is 1. The van der Waals surface area contributed by atoms with Gasteiger partial charge < -0.3 is 5.73 Å². The van der Waals surface area contributed by atoms with Crippen LogP contribution < -0.4 is 5.73 Å². The Morgan fingerprint density at radius 2 is 2.25 bits per heavy atom. The third kappa shape index (κ3) is 2.24. The van der Waals surface area contributed by atoms with Crippen molar-refractivity contribution in [2.45, 2.75) is 23.2 Å². The van der Waals surface area contributed by atoms with Crippen LogP contribution in [-0.2, 0) is 0 Å². The van der Waals surface area contributed by atoms with Crippen molar-refractivity contribution in [3.05, 3.63) is 24.3 Å². The molecule has 84 valence electrons. The minimum Gasteiger partial charge on any atom is -0.327 e. The van der Waals surface area contributed by atoms with Gasteiger partial charge in [0.15, 0.2) is 4.34 Å². The van der Waals surface area contributed by atoms with Crippen LogP contribution in [0.15, 0.2) is 28.6 Å². The van der Waals surface area contributed by atoms with Gasteiger partial charge in [-0.25, -0.2) is 4.98 Å². The summed E-state index contributed by atoms with van der Waals surface area (Å²) in [7, 11) is 0. The summed E-state index contributed by atoms with van der Waals surface area (Å²) in [5.74, 6) is 1.78. The predicted molar refractivity (Wildman–Crippen MR) is 71.0 cm³/mol. The first-order valence-electron chi connectivity index (χ1n) is 5.57. The lowest BCUT2D eigenvalue weighted by Gasteiger charge is -2.06. The Hall–Kier alpha value is -0.580. The van der Waals surface area contributed by atoms with Crippen LogP contribution in [0.4, 0.5) is 0 Å². The molecule has 0 radical (unpaired) electrons. The molecule has 1 aromatic heterocycles. The second-order valence-corrected chi connectivity index (χ2v) is 6.56. The van der Waals surface area contributed by atoms with Crippen molar-refractivity contribution in [2.24, 2.45) is 11.7 Å². The molecule has 1 heterocycles. The molecule has 1 saturated carbocycles. The van der Waals surface area contributed by atoms with Crippen LogP contribution in [0.25, 0.3) is 10.2 Å². The number of thiazole rings is 1. The number of hydrogen-bond acceptors (Lipinski definition) is 4. The maximum atomic E-state index is 6.08. The van der Waals surface area contributed by atoms with E-state index in [0.717, 1.165) is 21.5 Å². The molecule has 0 bridgehead atoms. The molecule has 2 N–H and O–H groups in total. The van der Waals surface area contributed by atoms with Crippen molar-refractivity contribution in [3.63, 3.8) is 0 Å². The summed E-state index contributed by atoms with van der Waals surface area (Å²) in [5, 5.41) is 0.